The normalized spacial score (nSPS) is 10.8. The van der Waals surface area contributed by atoms with Gasteiger partial charge in [-0.05, 0) is 48.1 Å². The number of aryl methyl sites for hydroxylation is 1. The molecule has 1 aromatic heterocycles. The zero-order valence-electron chi connectivity index (χ0n) is 18.2. The third kappa shape index (κ3) is 6.01. The largest absolute Gasteiger partial charge is 0.493 e. The highest BCUT2D eigenvalue weighted by Gasteiger charge is 2.13. The summed E-state index contributed by atoms with van der Waals surface area (Å²) in [6.45, 7) is 5.35. The van der Waals surface area contributed by atoms with E-state index in [9.17, 15) is 9.59 Å². The minimum absolute atomic E-state index is 0.241. The number of carbonyl (C=O) groups excluding carboxylic acids is 2. The van der Waals surface area contributed by atoms with E-state index in [2.05, 4.69) is 24.7 Å². The molecule has 0 aliphatic carbocycles. The second kappa shape index (κ2) is 10.5. The van der Waals surface area contributed by atoms with Gasteiger partial charge in [-0.25, -0.2) is 0 Å². The summed E-state index contributed by atoms with van der Waals surface area (Å²) in [6.07, 6.45) is 3.12. The number of nitrogens with one attached hydrogen (secondary N) is 2. The number of ether oxygens (including phenoxy) is 2. The SMILES string of the molecule is COc1cc(C(=O)NNC(=O)CCn2ccc3ccccc32)ccc1OCCC(C)C. The number of benzene rings is 2. The minimum atomic E-state index is -0.424. The van der Waals surface area contributed by atoms with Gasteiger partial charge in [0.1, 0.15) is 0 Å². The lowest BCUT2D eigenvalue weighted by Gasteiger charge is -2.13. The molecule has 0 aliphatic rings. The van der Waals surface area contributed by atoms with E-state index in [1.165, 1.54) is 7.11 Å². The van der Waals surface area contributed by atoms with Gasteiger partial charge in [0.2, 0.25) is 5.91 Å². The van der Waals surface area contributed by atoms with Crippen LogP contribution in [0.25, 0.3) is 10.9 Å². The summed E-state index contributed by atoms with van der Waals surface area (Å²) in [5.74, 6) is 0.902. The van der Waals surface area contributed by atoms with Crippen LogP contribution in [-0.4, -0.2) is 30.1 Å². The monoisotopic (exact) mass is 423 g/mol. The molecule has 31 heavy (non-hydrogen) atoms. The van der Waals surface area contributed by atoms with Crippen molar-refractivity contribution in [1.29, 1.82) is 0 Å². The summed E-state index contributed by atoms with van der Waals surface area (Å²) in [4.78, 5) is 24.6. The molecule has 0 fully saturated rings. The predicted molar refractivity (Wildman–Crippen MR) is 120 cm³/mol. The molecule has 3 aromatic rings. The fourth-order valence-corrected chi connectivity index (χ4v) is 3.15. The molecule has 3 rings (SSSR count). The van der Waals surface area contributed by atoms with Crippen LogP contribution in [0.5, 0.6) is 11.5 Å². The molecule has 0 atom stereocenters. The van der Waals surface area contributed by atoms with E-state index >= 15 is 0 Å². The summed E-state index contributed by atoms with van der Waals surface area (Å²) >= 11 is 0. The number of carbonyl (C=O) groups is 2. The number of rotatable bonds is 9. The molecule has 0 bridgehead atoms. The van der Waals surface area contributed by atoms with Crippen molar-refractivity contribution in [3.63, 3.8) is 0 Å². The molecule has 1 heterocycles. The van der Waals surface area contributed by atoms with Crippen LogP contribution in [0.1, 0.15) is 37.0 Å². The van der Waals surface area contributed by atoms with Crippen molar-refractivity contribution in [3.8, 4) is 11.5 Å². The lowest BCUT2D eigenvalue weighted by Crippen LogP contribution is -2.41. The minimum Gasteiger partial charge on any atom is -0.493 e. The van der Waals surface area contributed by atoms with E-state index in [0.29, 0.717) is 36.1 Å². The van der Waals surface area contributed by atoms with Crippen LogP contribution in [0.2, 0.25) is 0 Å². The fourth-order valence-electron chi connectivity index (χ4n) is 3.15. The number of fused-ring (bicyclic) bond motifs is 1. The van der Waals surface area contributed by atoms with Gasteiger partial charge >= 0.3 is 0 Å². The van der Waals surface area contributed by atoms with E-state index in [4.69, 9.17) is 9.47 Å². The number of methoxy groups -OCH3 is 1. The number of hydrogen-bond acceptors (Lipinski definition) is 4. The van der Waals surface area contributed by atoms with Crippen molar-refractivity contribution >= 4 is 22.7 Å². The lowest BCUT2D eigenvalue weighted by atomic mass is 10.1. The molecule has 7 nitrogen and oxygen atoms in total. The Morgan fingerprint density at radius 1 is 1.03 bits per heavy atom. The third-order valence-corrected chi connectivity index (χ3v) is 4.95. The Labute approximate surface area is 182 Å². The van der Waals surface area contributed by atoms with Crippen molar-refractivity contribution in [2.75, 3.05) is 13.7 Å². The molecule has 164 valence electrons. The second-order valence-corrected chi connectivity index (χ2v) is 7.72. The molecule has 0 spiro atoms. The first kappa shape index (κ1) is 22.2. The van der Waals surface area contributed by atoms with E-state index < -0.39 is 5.91 Å². The average Bonchev–Trinajstić information content (AvgIpc) is 3.19. The first-order valence-corrected chi connectivity index (χ1v) is 10.4. The molecule has 2 amide bonds. The molecule has 2 N–H and O–H groups in total. The first-order chi connectivity index (χ1) is 15.0. The Kier molecular flexibility index (Phi) is 7.54. The lowest BCUT2D eigenvalue weighted by molar-refractivity contribution is -0.122. The van der Waals surface area contributed by atoms with Gasteiger partial charge in [-0.3, -0.25) is 20.4 Å². The summed E-state index contributed by atoms with van der Waals surface area (Å²) in [7, 11) is 1.53. The van der Waals surface area contributed by atoms with Gasteiger partial charge in [-0.1, -0.05) is 32.0 Å². The number of nitrogens with zero attached hydrogens (tertiary/aromatic N) is 1. The Bertz CT molecular complexity index is 1040. The van der Waals surface area contributed by atoms with Gasteiger partial charge in [0.15, 0.2) is 11.5 Å². The van der Waals surface area contributed by atoms with E-state index in [0.717, 1.165) is 17.3 Å². The zero-order valence-corrected chi connectivity index (χ0v) is 18.2. The van der Waals surface area contributed by atoms with Gasteiger partial charge in [-0.15, -0.1) is 0 Å². The molecule has 0 saturated heterocycles. The van der Waals surface area contributed by atoms with Gasteiger partial charge in [0.25, 0.3) is 5.91 Å². The molecule has 0 unspecified atom stereocenters. The van der Waals surface area contributed by atoms with Crippen LogP contribution in [0, 0.1) is 5.92 Å². The summed E-state index contributed by atoms with van der Waals surface area (Å²) in [5.41, 5.74) is 6.35. The highest BCUT2D eigenvalue weighted by Crippen LogP contribution is 2.28. The van der Waals surface area contributed by atoms with Gasteiger partial charge in [-0.2, -0.15) is 0 Å². The summed E-state index contributed by atoms with van der Waals surface area (Å²) < 4.78 is 13.1. The second-order valence-electron chi connectivity index (χ2n) is 7.72. The highest BCUT2D eigenvalue weighted by atomic mass is 16.5. The summed E-state index contributed by atoms with van der Waals surface area (Å²) in [5, 5.41) is 1.13. The topological polar surface area (TPSA) is 81.6 Å². The number of hydrogen-bond donors (Lipinski definition) is 2. The maximum absolute atomic E-state index is 12.4. The molecule has 2 aromatic carbocycles. The smallest absolute Gasteiger partial charge is 0.269 e. The molecule has 7 heteroatoms. The van der Waals surface area contributed by atoms with Gasteiger partial charge in [0, 0.05) is 30.2 Å². The van der Waals surface area contributed by atoms with Crippen molar-refractivity contribution in [3.05, 3.63) is 60.3 Å². The van der Waals surface area contributed by atoms with Crippen LogP contribution in [-0.2, 0) is 11.3 Å². The maximum atomic E-state index is 12.4. The zero-order chi connectivity index (χ0) is 22.2. The Balaban J connectivity index is 1.50. The number of aromatic nitrogens is 1. The van der Waals surface area contributed by atoms with Crippen LogP contribution >= 0.6 is 0 Å². The van der Waals surface area contributed by atoms with Crippen molar-refractivity contribution in [1.82, 2.24) is 15.4 Å². The highest BCUT2D eigenvalue weighted by molar-refractivity contribution is 5.96. The van der Waals surface area contributed by atoms with Crippen LogP contribution in [0.3, 0.4) is 0 Å². The molecule has 0 saturated carbocycles. The van der Waals surface area contributed by atoms with Crippen molar-refractivity contribution in [2.45, 2.75) is 33.2 Å². The third-order valence-electron chi connectivity index (χ3n) is 4.95. The van der Waals surface area contributed by atoms with Crippen LogP contribution < -0.4 is 20.3 Å². The predicted octanol–water partition coefficient (Wildman–Crippen LogP) is 3.93. The Morgan fingerprint density at radius 3 is 2.61 bits per heavy atom. The molecular weight excluding hydrogens is 394 g/mol. The Morgan fingerprint density at radius 2 is 1.84 bits per heavy atom. The van der Waals surface area contributed by atoms with E-state index in [1.54, 1.807) is 18.2 Å². The van der Waals surface area contributed by atoms with Gasteiger partial charge in [0.05, 0.1) is 13.7 Å². The number of amides is 2. The summed E-state index contributed by atoms with van der Waals surface area (Å²) in [6, 6.07) is 14.9. The number of para-hydroxylation sites is 1. The van der Waals surface area contributed by atoms with Crippen molar-refractivity contribution < 1.29 is 19.1 Å². The Hall–Kier alpha value is -3.48. The van der Waals surface area contributed by atoms with Crippen LogP contribution in [0.4, 0.5) is 0 Å². The molecule has 0 aliphatic heterocycles. The fraction of sp³-hybridized carbons (Fsp3) is 0.333. The standard InChI is InChI=1S/C24H29N3O4/c1-17(2)12-15-31-21-9-8-19(16-22(21)30-3)24(29)26-25-23(28)11-14-27-13-10-18-6-4-5-7-20(18)27/h4-10,13,16-17H,11-12,14-15H2,1-3H3,(H,25,28)(H,26,29). The molecule has 0 radical (unpaired) electrons. The first-order valence-electron chi connectivity index (χ1n) is 10.4. The average molecular weight is 424 g/mol. The van der Waals surface area contributed by atoms with E-state index in [1.807, 2.05) is 41.1 Å². The van der Waals surface area contributed by atoms with Crippen molar-refractivity contribution in [2.24, 2.45) is 5.92 Å². The maximum Gasteiger partial charge on any atom is 0.269 e. The van der Waals surface area contributed by atoms with E-state index in [-0.39, 0.29) is 12.3 Å². The quantitative estimate of drug-likeness (QED) is 0.511. The number of hydrazine groups is 1. The van der Waals surface area contributed by atoms with Gasteiger partial charge < -0.3 is 14.0 Å². The van der Waals surface area contributed by atoms with Crippen LogP contribution in [0.15, 0.2) is 54.7 Å². The molecular formula is C24H29N3O4.